The van der Waals surface area contributed by atoms with Crippen molar-refractivity contribution in [1.82, 2.24) is 0 Å². The molecule has 118 valence electrons. The third-order valence-corrected chi connectivity index (χ3v) is 2.95. The van der Waals surface area contributed by atoms with E-state index in [1.54, 1.807) is 0 Å². The van der Waals surface area contributed by atoms with Crippen LogP contribution >= 0.6 is 0 Å². The largest absolute Gasteiger partial charge is 0.490 e. The summed E-state index contributed by atoms with van der Waals surface area (Å²) >= 11 is 0. The van der Waals surface area contributed by atoms with Crippen molar-refractivity contribution < 1.29 is 19.4 Å². The molecule has 0 saturated carbocycles. The zero-order valence-corrected chi connectivity index (χ0v) is 11.9. The highest BCUT2D eigenvalue weighted by Crippen LogP contribution is 2.28. The zero-order valence-electron chi connectivity index (χ0n) is 11.9. The molecule has 0 aliphatic carbocycles. The molecule has 0 bridgehead atoms. The third kappa shape index (κ3) is 3.59. The number of benzene rings is 2. The summed E-state index contributed by atoms with van der Waals surface area (Å²) in [5, 5.41) is 24.1. The fourth-order valence-corrected chi connectivity index (χ4v) is 1.87. The predicted octanol–water partition coefficient (Wildman–Crippen LogP) is 2.76. The number of nitrogens with zero attached hydrogens (tertiary/aromatic N) is 2. The van der Waals surface area contributed by atoms with E-state index in [-0.39, 0.29) is 28.4 Å². The number of nitro benzene ring substituents is 2. The molecule has 0 aliphatic heterocycles. The molecule has 1 amide bonds. The zero-order chi connectivity index (χ0) is 17.0. The Kier molecular flexibility index (Phi) is 4.50. The number of nitro groups is 2. The smallest absolute Gasteiger partial charge is 0.311 e. The van der Waals surface area contributed by atoms with Crippen LogP contribution in [-0.4, -0.2) is 22.9 Å². The van der Waals surface area contributed by atoms with E-state index < -0.39 is 15.8 Å². The molecule has 0 aromatic heterocycles. The van der Waals surface area contributed by atoms with Gasteiger partial charge in [0, 0.05) is 29.4 Å². The molecule has 0 unspecified atom stereocenters. The van der Waals surface area contributed by atoms with E-state index in [1.165, 1.54) is 43.5 Å². The van der Waals surface area contributed by atoms with Gasteiger partial charge in [0.2, 0.25) is 0 Å². The predicted molar refractivity (Wildman–Crippen MR) is 80.7 cm³/mol. The fourth-order valence-electron chi connectivity index (χ4n) is 1.87. The number of anilines is 1. The first-order chi connectivity index (χ1) is 10.9. The fraction of sp³-hybridized carbons (Fsp3) is 0.0714. The van der Waals surface area contributed by atoms with E-state index >= 15 is 0 Å². The number of nitrogens with one attached hydrogen (secondary N) is 1. The van der Waals surface area contributed by atoms with Gasteiger partial charge in [-0.25, -0.2) is 0 Å². The van der Waals surface area contributed by atoms with Crippen molar-refractivity contribution in [2.75, 3.05) is 12.4 Å². The number of methoxy groups -OCH3 is 1. The van der Waals surface area contributed by atoms with Gasteiger partial charge in [-0.05, 0) is 18.2 Å². The summed E-state index contributed by atoms with van der Waals surface area (Å²) in [4.78, 5) is 32.5. The molecule has 0 spiro atoms. The van der Waals surface area contributed by atoms with Crippen LogP contribution in [0.15, 0.2) is 42.5 Å². The summed E-state index contributed by atoms with van der Waals surface area (Å²) in [6.07, 6.45) is 0. The van der Waals surface area contributed by atoms with Gasteiger partial charge in [0.25, 0.3) is 11.6 Å². The first-order valence-electron chi connectivity index (χ1n) is 6.30. The van der Waals surface area contributed by atoms with Crippen LogP contribution in [0.5, 0.6) is 5.75 Å². The van der Waals surface area contributed by atoms with Gasteiger partial charge in [0.05, 0.1) is 17.0 Å². The number of hydrogen-bond acceptors (Lipinski definition) is 6. The standard InChI is InChI=1S/C14H11N3O6/c1-23-13-6-5-9(7-12(13)17(21)22)14(18)15-10-3-2-4-11(8-10)16(19)20/h2-8H,1H3,(H,15,18). The number of ether oxygens (including phenoxy) is 1. The molecule has 1 N–H and O–H groups in total. The summed E-state index contributed by atoms with van der Waals surface area (Å²) in [6.45, 7) is 0. The molecular weight excluding hydrogens is 306 g/mol. The average molecular weight is 317 g/mol. The van der Waals surface area contributed by atoms with E-state index in [0.717, 1.165) is 6.07 Å². The van der Waals surface area contributed by atoms with Crippen LogP contribution in [0, 0.1) is 20.2 Å². The minimum Gasteiger partial charge on any atom is -0.490 e. The minimum atomic E-state index is -0.664. The van der Waals surface area contributed by atoms with Crippen molar-refractivity contribution in [3.05, 3.63) is 68.3 Å². The Balaban J connectivity index is 2.27. The van der Waals surface area contributed by atoms with Crippen LogP contribution in [0.2, 0.25) is 0 Å². The number of carbonyl (C=O) groups excluding carboxylic acids is 1. The van der Waals surface area contributed by atoms with Crippen LogP contribution in [0.25, 0.3) is 0 Å². The van der Waals surface area contributed by atoms with Gasteiger partial charge in [0.15, 0.2) is 5.75 Å². The highest BCUT2D eigenvalue weighted by molar-refractivity contribution is 6.05. The normalized spacial score (nSPS) is 9.96. The monoisotopic (exact) mass is 317 g/mol. The van der Waals surface area contributed by atoms with Crippen LogP contribution < -0.4 is 10.1 Å². The van der Waals surface area contributed by atoms with Gasteiger partial charge in [-0.3, -0.25) is 25.0 Å². The second-order valence-corrected chi connectivity index (χ2v) is 4.41. The molecule has 2 aromatic rings. The lowest BCUT2D eigenvalue weighted by Gasteiger charge is -2.07. The highest BCUT2D eigenvalue weighted by atomic mass is 16.6. The molecule has 0 aliphatic rings. The summed E-state index contributed by atoms with van der Waals surface area (Å²) < 4.78 is 4.85. The van der Waals surface area contributed by atoms with Gasteiger partial charge in [0.1, 0.15) is 0 Å². The molecular formula is C14H11N3O6. The van der Waals surface area contributed by atoms with Gasteiger partial charge < -0.3 is 10.1 Å². The molecule has 0 atom stereocenters. The molecule has 9 nitrogen and oxygen atoms in total. The van der Waals surface area contributed by atoms with E-state index in [9.17, 15) is 25.0 Å². The quantitative estimate of drug-likeness (QED) is 0.667. The van der Waals surface area contributed by atoms with Gasteiger partial charge in [-0.2, -0.15) is 0 Å². The number of rotatable bonds is 5. The van der Waals surface area contributed by atoms with E-state index in [2.05, 4.69) is 5.32 Å². The lowest BCUT2D eigenvalue weighted by Crippen LogP contribution is -2.12. The number of hydrogen-bond donors (Lipinski definition) is 1. The second kappa shape index (κ2) is 6.52. The van der Waals surface area contributed by atoms with E-state index in [4.69, 9.17) is 4.74 Å². The highest BCUT2D eigenvalue weighted by Gasteiger charge is 2.18. The Bertz CT molecular complexity index is 790. The summed E-state index contributed by atoms with van der Waals surface area (Å²) in [5.74, 6) is -0.599. The third-order valence-electron chi connectivity index (χ3n) is 2.95. The van der Waals surface area contributed by atoms with Crippen molar-refractivity contribution in [3.63, 3.8) is 0 Å². The number of carbonyl (C=O) groups is 1. The van der Waals surface area contributed by atoms with Crippen molar-refractivity contribution >= 4 is 23.0 Å². The number of amides is 1. The number of non-ortho nitro benzene ring substituents is 1. The SMILES string of the molecule is COc1ccc(C(=O)Nc2cccc([N+](=O)[O-])c2)cc1[N+](=O)[O-]. The second-order valence-electron chi connectivity index (χ2n) is 4.41. The molecule has 0 fully saturated rings. The van der Waals surface area contributed by atoms with Crippen LogP contribution in [0.3, 0.4) is 0 Å². The molecule has 0 radical (unpaired) electrons. The average Bonchev–Trinajstić information content (AvgIpc) is 2.54. The maximum atomic E-state index is 12.1. The molecule has 0 saturated heterocycles. The van der Waals surface area contributed by atoms with Gasteiger partial charge in [-0.1, -0.05) is 6.07 Å². The Morgan fingerprint density at radius 2 is 1.83 bits per heavy atom. The molecule has 2 rings (SSSR count). The van der Waals surface area contributed by atoms with Crippen molar-refractivity contribution in [2.45, 2.75) is 0 Å². The van der Waals surface area contributed by atoms with E-state index in [1.807, 2.05) is 0 Å². The first kappa shape index (κ1) is 15.9. The lowest BCUT2D eigenvalue weighted by molar-refractivity contribution is -0.385. The summed E-state index contributed by atoms with van der Waals surface area (Å²) in [6, 6.07) is 9.11. The molecule has 0 heterocycles. The van der Waals surface area contributed by atoms with Crippen molar-refractivity contribution in [1.29, 1.82) is 0 Å². The van der Waals surface area contributed by atoms with Crippen molar-refractivity contribution in [2.24, 2.45) is 0 Å². The maximum absolute atomic E-state index is 12.1. The van der Waals surface area contributed by atoms with Crippen LogP contribution in [0.1, 0.15) is 10.4 Å². The molecule has 23 heavy (non-hydrogen) atoms. The van der Waals surface area contributed by atoms with Crippen molar-refractivity contribution in [3.8, 4) is 5.75 Å². The Labute approximate surface area is 129 Å². The van der Waals surface area contributed by atoms with Crippen LogP contribution in [0.4, 0.5) is 17.1 Å². The van der Waals surface area contributed by atoms with Gasteiger partial charge >= 0.3 is 5.69 Å². The van der Waals surface area contributed by atoms with Crippen LogP contribution in [-0.2, 0) is 0 Å². The Hall–Kier alpha value is -3.49. The first-order valence-corrected chi connectivity index (χ1v) is 6.30. The topological polar surface area (TPSA) is 125 Å². The minimum absolute atomic E-state index is 0.0295. The summed E-state index contributed by atoms with van der Waals surface area (Å²) in [7, 11) is 1.28. The molecule has 9 heteroatoms. The Morgan fingerprint density at radius 1 is 1.09 bits per heavy atom. The summed E-state index contributed by atoms with van der Waals surface area (Å²) in [5.41, 5.74) is -0.283. The van der Waals surface area contributed by atoms with Gasteiger partial charge in [-0.15, -0.1) is 0 Å². The molecule has 2 aromatic carbocycles. The Morgan fingerprint density at radius 3 is 2.43 bits per heavy atom. The lowest BCUT2D eigenvalue weighted by atomic mass is 10.1. The maximum Gasteiger partial charge on any atom is 0.311 e. The van der Waals surface area contributed by atoms with E-state index in [0.29, 0.717) is 0 Å².